The lowest BCUT2D eigenvalue weighted by atomic mass is 10.0. The van der Waals surface area contributed by atoms with Crippen molar-refractivity contribution in [3.05, 3.63) is 64.7 Å². The number of amides is 3. The number of allylic oxidation sites excluding steroid dienone is 1. The Labute approximate surface area is 310 Å². The topological polar surface area (TPSA) is 147 Å². The summed E-state index contributed by atoms with van der Waals surface area (Å²) in [6.45, 7) is -0.0318. The maximum Gasteiger partial charge on any atom is 0.416 e. The summed E-state index contributed by atoms with van der Waals surface area (Å²) in [5.41, 5.74) is -1.58. The van der Waals surface area contributed by atoms with Crippen LogP contribution in [-0.2, 0) is 30.6 Å². The normalized spacial score (nSPS) is 27.8. The molecule has 11 nitrogen and oxygen atoms in total. The molecule has 4 aliphatic rings. The van der Waals surface area contributed by atoms with Crippen molar-refractivity contribution in [1.82, 2.24) is 19.9 Å². The number of nitrogens with zero attached hydrogens (tertiary/aromatic N) is 2. The second-order valence-electron chi connectivity index (χ2n) is 13.9. The third-order valence-corrected chi connectivity index (χ3v) is 13.2. The summed E-state index contributed by atoms with van der Waals surface area (Å²) in [7, 11) is -3.91. The van der Waals surface area contributed by atoms with Crippen molar-refractivity contribution < 1.29 is 40.7 Å². The molecule has 0 unspecified atom stereocenters. The maximum absolute atomic E-state index is 14.5. The number of sulfonamides is 1. The zero-order valence-corrected chi connectivity index (χ0v) is 31.0. The van der Waals surface area contributed by atoms with Crippen LogP contribution in [0.15, 0.2) is 59.1 Å². The molecule has 52 heavy (non-hydrogen) atoms. The second-order valence-corrected chi connectivity index (χ2v) is 17.7. The zero-order chi connectivity index (χ0) is 36.8. The number of rotatable bonds is 7. The van der Waals surface area contributed by atoms with E-state index in [1.165, 1.54) is 28.4 Å². The molecule has 3 fully saturated rings. The number of hydrogen-bond acceptors (Lipinski definition) is 9. The van der Waals surface area contributed by atoms with Crippen molar-refractivity contribution in [1.29, 1.82) is 0 Å². The Balaban J connectivity index is 1.19. The van der Waals surface area contributed by atoms with Crippen molar-refractivity contribution >= 4 is 70.9 Å². The minimum Gasteiger partial charge on any atom is -0.465 e. The van der Waals surface area contributed by atoms with Crippen LogP contribution in [0.1, 0.15) is 63.4 Å². The number of alkyl halides is 3. The number of hydrogen-bond donors (Lipinski definition) is 3. The fraction of sp³-hybridized carbons (Fsp3) is 0.486. The molecule has 3 aromatic rings. The third-order valence-electron chi connectivity index (χ3n) is 9.97. The minimum absolute atomic E-state index is 0.0318. The van der Waals surface area contributed by atoms with Crippen LogP contribution in [0.5, 0.6) is 5.19 Å². The molecular weight excluding hydrogens is 787 g/mol. The van der Waals surface area contributed by atoms with Gasteiger partial charge in [-0.05, 0) is 74.9 Å². The van der Waals surface area contributed by atoms with Crippen molar-refractivity contribution in [2.45, 2.75) is 92.9 Å². The molecule has 5 atom stereocenters. The molecule has 3 N–H and O–H groups in total. The first-order valence-corrected chi connectivity index (χ1v) is 20.4. The van der Waals surface area contributed by atoms with E-state index in [-0.39, 0.29) is 31.5 Å². The Morgan fingerprint density at radius 1 is 1.10 bits per heavy atom. The molecule has 2 aromatic carbocycles. The first-order valence-electron chi connectivity index (χ1n) is 17.2. The van der Waals surface area contributed by atoms with Crippen molar-refractivity contribution in [3.8, 4) is 5.19 Å². The van der Waals surface area contributed by atoms with E-state index < -0.39 is 74.4 Å². The molecule has 2 aliphatic carbocycles. The van der Waals surface area contributed by atoms with Gasteiger partial charge in [-0.2, -0.15) is 13.2 Å². The van der Waals surface area contributed by atoms with Crippen molar-refractivity contribution in [3.63, 3.8) is 0 Å². The standard InChI is InChI=1S/C35H37BrF3N5O6S2/c36-22-11-14-26-29(16-22)51-33(41-26)50-24-17-28-30(45)42-34(32(47)43-52(48,49)25-12-13-25)18-21(34)7-4-2-1-3-5-10-27(31(46)44(28)19-24)40-23-9-6-8-20(15-23)35(37,38)39/h4,6-9,11,14-16,21,24-25,27-28,40H,1-3,5,10,12-13,17-19H2,(H,42,45)(H,43,47)/b7-4-/t21-,24+,27-,28-,34+/m0/s1. The molecule has 1 aromatic heterocycles. The highest BCUT2D eigenvalue weighted by Gasteiger charge is 2.62. The average molecular weight is 825 g/mol. The Kier molecular flexibility index (Phi) is 10.1. The molecule has 3 amide bonds. The Morgan fingerprint density at radius 2 is 1.90 bits per heavy atom. The first-order chi connectivity index (χ1) is 24.7. The van der Waals surface area contributed by atoms with Crippen molar-refractivity contribution in [2.24, 2.45) is 5.92 Å². The number of aromatic nitrogens is 1. The predicted molar refractivity (Wildman–Crippen MR) is 192 cm³/mol. The van der Waals surface area contributed by atoms with Gasteiger partial charge in [0.2, 0.25) is 21.8 Å². The number of ether oxygens (including phenoxy) is 1. The highest BCUT2D eigenvalue weighted by Crippen LogP contribution is 2.46. The Bertz CT molecular complexity index is 2020. The average Bonchev–Trinajstić information content (AvgIpc) is 3.98. The van der Waals surface area contributed by atoms with Gasteiger partial charge in [0.05, 0.1) is 27.6 Å². The van der Waals surface area contributed by atoms with Crippen LogP contribution in [0.4, 0.5) is 18.9 Å². The highest BCUT2D eigenvalue weighted by atomic mass is 79.9. The number of nitrogens with one attached hydrogen (secondary N) is 3. The van der Waals surface area contributed by atoms with Gasteiger partial charge in [0, 0.05) is 22.5 Å². The quantitative estimate of drug-likeness (QED) is 0.250. The van der Waals surface area contributed by atoms with Gasteiger partial charge in [-0.3, -0.25) is 19.1 Å². The van der Waals surface area contributed by atoms with Gasteiger partial charge in [0.1, 0.15) is 23.7 Å². The van der Waals surface area contributed by atoms with Crippen LogP contribution in [0.25, 0.3) is 10.2 Å². The van der Waals surface area contributed by atoms with Gasteiger partial charge in [-0.25, -0.2) is 13.4 Å². The fourth-order valence-electron chi connectivity index (χ4n) is 6.90. The molecular formula is C35H37BrF3N5O6S2. The molecule has 7 rings (SSSR count). The summed E-state index contributed by atoms with van der Waals surface area (Å²) in [5.74, 6) is -2.44. The summed E-state index contributed by atoms with van der Waals surface area (Å²) in [6.07, 6.45) is 2.57. The van der Waals surface area contributed by atoms with E-state index in [9.17, 15) is 36.0 Å². The molecule has 0 radical (unpaired) electrons. The number of fused-ring (bicyclic) bond motifs is 3. The lowest BCUT2D eigenvalue weighted by Gasteiger charge is -2.30. The van der Waals surface area contributed by atoms with Crippen LogP contribution in [0, 0.1) is 5.92 Å². The monoisotopic (exact) mass is 823 g/mol. The van der Waals surface area contributed by atoms with Crippen molar-refractivity contribution in [2.75, 3.05) is 11.9 Å². The van der Waals surface area contributed by atoms with E-state index in [2.05, 4.69) is 36.3 Å². The first kappa shape index (κ1) is 36.6. The van der Waals surface area contributed by atoms with Crippen LogP contribution >= 0.6 is 27.3 Å². The SMILES string of the molecule is O=C1N[C@]2(C(=O)NS(=O)(=O)C3CC3)C[C@@H]2/C=C\CCCCC[C@H](Nc2cccc(C(F)(F)F)c2)C(=O)N2C[C@H](Oc3nc4ccc(Br)cc4s3)C[C@@H]12. The molecule has 1 saturated heterocycles. The summed E-state index contributed by atoms with van der Waals surface area (Å²) in [4.78, 5) is 48.3. The number of benzene rings is 2. The van der Waals surface area contributed by atoms with Gasteiger partial charge >= 0.3 is 6.18 Å². The van der Waals surface area contributed by atoms with Crippen LogP contribution in [0.3, 0.4) is 0 Å². The number of carbonyl (C=O) groups excluding carboxylic acids is 3. The lowest BCUT2D eigenvalue weighted by molar-refractivity contribution is -0.140. The van der Waals surface area contributed by atoms with E-state index in [1.54, 1.807) is 0 Å². The van der Waals surface area contributed by atoms with E-state index >= 15 is 0 Å². The number of carbonyl (C=O) groups is 3. The Morgan fingerprint density at radius 3 is 2.67 bits per heavy atom. The summed E-state index contributed by atoms with van der Waals surface area (Å²) in [6, 6.07) is 8.09. The van der Waals surface area contributed by atoms with E-state index in [0.717, 1.165) is 27.7 Å². The van der Waals surface area contributed by atoms with Gasteiger partial charge in [-0.1, -0.05) is 58.3 Å². The molecule has 17 heteroatoms. The predicted octanol–water partition coefficient (Wildman–Crippen LogP) is 5.91. The summed E-state index contributed by atoms with van der Waals surface area (Å²) in [5, 5.41) is 5.53. The van der Waals surface area contributed by atoms with Crippen LogP contribution in [0.2, 0.25) is 0 Å². The van der Waals surface area contributed by atoms with E-state index in [4.69, 9.17) is 4.74 Å². The van der Waals surface area contributed by atoms with Gasteiger partial charge in [0.25, 0.3) is 11.1 Å². The van der Waals surface area contributed by atoms with Crippen LogP contribution < -0.4 is 20.1 Å². The minimum atomic E-state index is -4.59. The molecule has 2 aliphatic heterocycles. The fourth-order valence-corrected chi connectivity index (χ4v) is 9.70. The van der Waals surface area contributed by atoms with Gasteiger partial charge in [0.15, 0.2) is 0 Å². The Hall–Kier alpha value is -3.70. The van der Waals surface area contributed by atoms with E-state index in [1.807, 2.05) is 30.4 Å². The number of halogens is 4. The second kappa shape index (κ2) is 14.3. The lowest BCUT2D eigenvalue weighted by Crippen LogP contribution is -2.57. The zero-order valence-electron chi connectivity index (χ0n) is 27.8. The summed E-state index contributed by atoms with van der Waals surface area (Å²) < 4.78 is 76.4. The van der Waals surface area contributed by atoms with Crippen LogP contribution in [-0.4, -0.2) is 71.5 Å². The van der Waals surface area contributed by atoms with Gasteiger partial charge in [-0.15, -0.1) is 0 Å². The number of thiazole rings is 1. The molecule has 3 heterocycles. The molecule has 2 saturated carbocycles. The molecule has 0 spiro atoms. The highest BCUT2D eigenvalue weighted by molar-refractivity contribution is 9.10. The van der Waals surface area contributed by atoms with Gasteiger partial charge < -0.3 is 20.3 Å². The summed E-state index contributed by atoms with van der Waals surface area (Å²) >= 11 is 4.75. The molecule has 0 bridgehead atoms. The largest absolute Gasteiger partial charge is 0.465 e. The van der Waals surface area contributed by atoms with E-state index in [0.29, 0.717) is 42.8 Å². The third kappa shape index (κ3) is 7.95. The maximum atomic E-state index is 14.5. The number of anilines is 1. The molecule has 278 valence electrons. The smallest absolute Gasteiger partial charge is 0.416 e.